The van der Waals surface area contributed by atoms with Crippen LogP contribution in [-0.2, 0) is 11.3 Å². The van der Waals surface area contributed by atoms with Crippen molar-refractivity contribution in [3.63, 3.8) is 0 Å². The van der Waals surface area contributed by atoms with Crippen molar-refractivity contribution in [3.05, 3.63) is 83.2 Å². The number of carbonyl (C=O) groups excluding carboxylic acids is 2. The van der Waals surface area contributed by atoms with Crippen molar-refractivity contribution in [3.8, 4) is 0 Å². The number of aryl methyl sites for hydroxylation is 1. The second-order valence-corrected chi connectivity index (χ2v) is 9.49. The normalized spacial score (nSPS) is 15.4. The van der Waals surface area contributed by atoms with E-state index in [1.54, 1.807) is 30.3 Å². The van der Waals surface area contributed by atoms with Gasteiger partial charge in [-0.05, 0) is 61.7 Å². The molecule has 1 aliphatic heterocycles. The number of thioether (sulfide) groups is 1. The highest BCUT2D eigenvalue weighted by atomic mass is 35.5. The van der Waals surface area contributed by atoms with E-state index in [1.807, 2.05) is 40.7 Å². The van der Waals surface area contributed by atoms with E-state index >= 15 is 0 Å². The van der Waals surface area contributed by atoms with Crippen molar-refractivity contribution < 1.29 is 9.59 Å². The number of nitrogens with one attached hydrogen (secondary N) is 1. The van der Waals surface area contributed by atoms with Crippen LogP contribution in [0, 0.1) is 6.92 Å². The average molecular weight is 496 g/mol. The summed E-state index contributed by atoms with van der Waals surface area (Å²) in [5, 5.41) is 12.9. The van der Waals surface area contributed by atoms with Gasteiger partial charge < -0.3 is 14.8 Å². The van der Waals surface area contributed by atoms with Gasteiger partial charge in [-0.1, -0.05) is 41.6 Å². The van der Waals surface area contributed by atoms with E-state index in [2.05, 4.69) is 22.1 Å². The summed E-state index contributed by atoms with van der Waals surface area (Å²) >= 11 is 7.29. The summed E-state index contributed by atoms with van der Waals surface area (Å²) in [5.41, 5.74) is 2.43. The van der Waals surface area contributed by atoms with E-state index in [9.17, 15) is 9.59 Å². The third kappa shape index (κ3) is 5.51. The van der Waals surface area contributed by atoms with Gasteiger partial charge in [0.1, 0.15) is 0 Å². The Balaban J connectivity index is 1.48. The molecule has 1 atom stereocenters. The smallest absolute Gasteiger partial charge is 0.254 e. The van der Waals surface area contributed by atoms with Crippen molar-refractivity contribution in [2.75, 3.05) is 17.6 Å². The Morgan fingerprint density at radius 3 is 2.76 bits per heavy atom. The number of rotatable bonds is 8. The molecule has 0 saturated carbocycles. The summed E-state index contributed by atoms with van der Waals surface area (Å²) in [6, 6.07) is 14.4. The Morgan fingerprint density at radius 2 is 2.03 bits per heavy atom. The maximum atomic E-state index is 13.2. The van der Waals surface area contributed by atoms with E-state index in [-0.39, 0.29) is 23.6 Å². The second kappa shape index (κ2) is 10.9. The lowest BCUT2D eigenvalue weighted by Crippen LogP contribution is -2.32. The average Bonchev–Trinajstić information content (AvgIpc) is 3.45. The number of hydrogen-bond acceptors (Lipinski definition) is 5. The fraction of sp³-hybridized carbons (Fsp3) is 0.280. The van der Waals surface area contributed by atoms with Crippen molar-refractivity contribution in [2.45, 2.75) is 37.5 Å². The van der Waals surface area contributed by atoms with E-state index < -0.39 is 0 Å². The third-order valence-electron chi connectivity index (χ3n) is 5.59. The number of halogens is 1. The zero-order chi connectivity index (χ0) is 24.1. The molecule has 1 aliphatic rings. The first-order chi connectivity index (χ1) is 16.5. The number of hydrogen-bond donors (Lipinski definition) is 1. The monoisotopic (exact) mass is 495 g/mol. The Bertz CT molecular complexity index is 1190. The number of allylic oxidation sites excluding steroid dienone is 1. The van der Waals surface area contributed by atoms with Crippen LogP contribution in [0.4, 0.5) is 5.69 Å². The predicted octanol–water partition coefficient (Wildman–Crippen LogP) is 5.13. The first-order valence-corrected chi connectivity index (χ1v) is 12.4. The molecule has 1 aromatic heterocycles. The molecule has 9 heteroatoms. The second-order valence-electron chi connectivity index (χ2n) is 8.11. The number of amides is 2. The Morgan fingerprint density at radius 1 is 1.24 bits per heavy atom. The van der Waals surface area contributed by atoms with E-state index in [0.717, 1.165) is 24.1 Å². The number of likely N-dealkylation sites (tertiary alicyclic amines) is 1. The summed E-state index contributed by atoms with van der Waals surface area (Å²) in [6.45, 7) is 6.97. The molecule has 2 aromatic carbocycles. The molecule has 0 bridgehead atoms. The lowest BCUT2D eigenvalue weighted by molar-refractivity contribution is -0.113. The quantitative estimate of drug-likeness (QED) is 0.346. The van der Waals surface area contributed by atoms with Gasteiger partial charge in [0.05, 0.1) is 11.8 Å². The van der Waals surface area contributed by atoms with Gasteiger partial charge in [-0.25, -0.2) is 0 Å². The van der Waals surface area contributed by atoms with Crippen LogP contribution in [0.25, 0.3) is 0 Å². The zero-order valence-corrected chi connectivity index (χ0v) is 20.5. The van der Waals surface area contributed by atoms with Crippen LogP contribution in [0.3, 0.4) is 0 Å². The number of anilines is 1. The van der Waals surface area contributed by atoms with Crippen molar-refractivity contribution in [2.24, 2.45) is 0 Å². The van der Waals surface area contributed by atoms with Gasteiger partial charge in [0.2, 0.25) is 5.91 Å². The summed E-state index contributed by atoms with van der Waals surface area (Å²) in [4.78, 5) is 27.5. The third-order valence-corrected chi connectivity index (χ3v) is 6.81. The summed E-state index contributed by atoms with van der Waals surface area (Å²) in [5.74, 6) is 0.729. The minimum Gasteiger partial charge on any atom is -0.328 e. The first kappa shape index (κ1) is 24.0. The number of nitrogens with zero attached hydrogens (tertiary/aromatic N) is 4. The van der Waals surface area contributed by atoms with Crippen molar-refractivity contribution >= 4 is 40.9 Å². The SMILES string of the molecule is C=CCn1c(SCC(=O)Nc2cccc(C)c2)nnc1C1CCCN1C(=O)c1ccc(Cl)cc1. The summed E-state index contributed by atoms with van der Waals surface area (Å²) < 4.78 is 1.94. The minimum atomic E-state index is -0.189. The number of carbonyl (C=O) groups is 2. The van der Waals surface area contributed by atoms with Crippen LogP contribution in [0.2, 0.25) is 5.02 Å². The molecule has 1 fully saturated rings. The van der Waals surface area contributed by atoms with Crippen molar-refractivity contribution in [1.29, 1.82) is 0 Å². The minimum absolute atomic E-state index is 0.0564. The van der Waals surface area contributed by atoms with E-state index in [1.165, 1.54) is 11.8 Å². The van der Waals surface area contributed by atoms with Crippen LogP contribution in [0.5, 0.6) is 0 Å². The maximum Gasteiger partial charge on any atom is 0.254 e. The molecule has 0 aliphatic carbocycles. The Kier molecular flexibility index (Phi) is 7.70. The summed E-state index contributed by atoms with van der Waals surface area (Å²) in [6.07, 6.45) is 3.45. The number of benzene rings is 2. The highest BCUT2D eigenvalue weighted by Crippen LogP contribution is 2.34. The molecule has 3 aromatic rings. The highest BCUT2D eigenvalue weighted by Gasteiger charge is 2.34. The van der Waals surface area contributed by atoms with Gasteiger partial charge in [0, 0.05) is 29.4 Å². The molecule has 0 spiro atoms. The van der Waals surface area contributed by atoms with Crippen LogP contribution in [0.1, 0.15) is 40.6 Å². The molecular formula is C25H26ClN5O2S. The lowest BCUT2D eigenvalue weighted by atomic mass is 10.1. The highest BCUT2D eigenvalue weighted by molar-refractivity contribution is 7.99. The maximum absolute atomic E-state index is 13.2. The molecule has 4 rings (SSSR count). The molecule has 1 unspecified atom stereocenters. The first-order valence-electron chi connectivity index (χ1n) is 11.1. The fourth-order valence-electron chi connectivity index (χ4n) is 4.04. The van der Waals surface area contributed by atoms with Crippen LogP contribution < -0.4 is 5.32 Å². The molecule has 176 valence electrons. The Labute approximate surface area is 208 Å². The predicted molar refractivity (Wildman–Crippen MR) is 135 cm³/mol. The van der Waals surface area contributed by atoms with Crippen LogP contribution in [-0.4, -0.2) is 43.8 Å². The molecule has 34 heavy (non-hydrogen) atoms. The largest absolute Gasteiger partial charge is 0.328 e. The molecule has 2 heterocycles. The lowest BCUT2D eigenvalue weighted by Gasteiger charge is -2.24. The molecular weight excluding hydrogens is 470 g/mol. The van der Waals surface area contributed by atoms with E-state index in [4.69, 9.17) is 11.6 Å². The zero-order valence-electron chi connectivity index (χ0n) is 18.9. The molecule has 2 amide bonds. The molecule has 7 nitrogen and oxygen atoms in total. The van der Waals surface area contributed by atoms with Gasteiger partial charge in [0.15, 0.2) is 11.0 Å². The van der Waals surface area contributed by atoms with E-state index in [0.29, 0.717) is 34.7 Å². The van der Waals surface area contributed by atoms with Crippen molar-refractivity contribution in [1.82, 2.24) is 19.7 Å². The molecule has 1 saturated heterocycles. The van der Waals surface area contributed by atoms with Gasteiger partial charge in [0.25, 0.3) is 5.91 Å². The fourth-order valence-corrected chi connectivity index (χ4v) is 4.92. The standard InChI is InChI=1S/C25H26ClN5O2S/c1-3-13-31-23(21-8-5-14-30(21)24(33)18-9-11-19(26)12-10-18)28-29-25(31)34-16-22(32)27-20-7-4-6-17(2)15-20/h3-4,6-7,9-12,15,21H,1,5,8,13-14,16H2,2H3,(H,27,32). The van der Waals surface area contributed by atoms with Crippen LogP contribution >= 0.6 is 23.4 Å². The van der Waals surface area contributed by atoms with Gasteiger partial charge in [-0.3, -0.25) is 9.59 Å². The number of aromatic nitrogens is 3. The van der Waals surface area contributed by atoms with Crippen LogP contribution in [0.15, 0.2) is 66.3 Å². The topological polar surface area (TPSA) is 80.1 Å². The molecule has 1 N–H and O–H groups in total. The Hall–Kier alpha value is -3.10. The molecule has 0 radical (unpaired) electrons. The van der Waals surface area contributed by atoms with Gasteiger partial charge >= 0.3 is 0 Å². The summed E-state index contributed by atoms with van der Waals surface area (Å²) in [7, 11) is 0. The van der Waals surface area contributed by atoms with Gasteiger partial charge in [-0.15, -0.1) is 16.8 Å². The van der Waals surface area contributed by atoms with Gasteiger partial charge in [-0.2, -0.15) is 0 Å².